The Hall–Kier alpha value is -2.21. The van der Waals surface area contributed by atoms with Crippen molar-refractivity contribution in [2.24, 2.45) is 11.8 Å². The zero-order valence-electron chi connectivity index (χ0n) is 23.4. The number of ketones is 1. The molecule has 3 saturated heterocycles. The number of ether oxygens (including phenoxy) is 1. The highest BCUT2D eigenvalue weighted by molar-refractivity contribution is 7.14. The number of aromatic nitrogens is 1. The van der Waals surface area contributed by atoms with Crippen LogP contribution in [0.1, 0.15) is 38.2 Å². The first-order valence-corrected chi connectivity index (χ1v) is 15.4. The first-order valence-electron chi connectivity index (χ1n) is 14.1. The number of fused-ring (bicyclic) bond motifs is 1. The maximum atomic E-state index is 14.5. The van der Waals surface area contributed by atoms with Crippen molar-refractivity contribution in [2.75, 3.05) is 51.3 Å². The number of hydrogen-bond donors (Lipinski definition) is 0. The molecule has 4 heterocycles. The lowest BCUT2D eigenvalue weighted by Crippen LogP contribution is -2.45. The molecule has 5 atom stereocenters. The molecule has 3 aliphatic rings. The Balaban J connectivity index is 1.34. The highest BCUT2D eigenvalue weighted by Gasteiger charge is 2.53. The number of carbonyl (C=O) groups excluding carboxylic acids is 2. The molecule has 5 rings (SSSR count). The van der Waals surface area contributed by atoms with Crippen LogP contribution in [0.4, 0.5) is 18.3 Å². The van der Waals surface area contributed by atoms with Crippen LogP contribution in [-0.2, 0) is 14.3 Å². The summed E-state index contributed by atoms with van der Waals surface area (Å²) in [7, 11) is 2.09. The molecule has 7 nitrogen and oxygen atoms in total. The molecular formula is C29H36ClF3N4O3S. The average Bonchev–Trinajstić information content (AvgIpc) is 3.64. The maximum absolute atomic E-state index is 14.5. The fraction of sp³-hybridized carbons (Fsp3) is 0.621. The third kappa shape index (κ3) is 6.58. The van der Waals surface area contributed by atoms with E-state index in [0.717, 1.165) is 42.6 Å². The van der Waals surface area contributed by atoms with Crippen molar-refractivity contribution < 1.29 is 27.5 Å². The van der Waals surface area contributed by atoms with Gasteiger partial charge in [0, 0.05) is 49.6 Å². The monoisotopic (exact) mass is 612 g/mol. The van der Waals surface area contributed by atoms with E-state index in [4.69, 9.17) is 21.3 Å². The molecule has 3 fully saturated rings. The minimum Gasteiger partial charge on any atom is -0.366 e. The number of Topliss-reactive ketones (excluding diaryl/α,β-unsaturated/α-hetero) is 1. The highest BCUT2D eigenvalue weighted by atomic mass is 35.5. The molecule has 1 amide bonds. The van der Waals surface area contributed by atoms with Gasteiger partial charge in [0.15, 0.2) is 10.9 Å². The number of rotatable bonds is 8. The van der Waals surface area contributed by atoms with Crippen LogP contribution < -0.4 is 4.90 Å². The van der Waals surface area contributed by atoms with Crippen LogP contribution in [0.5, 0.6) is 0 Å². The Morgan fingerprint density at radius 3 is 2.46 bits per heavy atom. The number of halogens is 4. The summed E-state index contributed by atoms with van der Waals surface area (Å²) in [6.07, 6.45) is -5.30. The van der Waals surface area contributed by atoms with Crippen molar-refractivity contribution in [3.05, 3.63) is 35.2 Å². The smallest absolute Gasteiger partial charge is 0.366 e. The van der Waals surface area contributed by atoms with Crippen molar-refractivity contribution in [2.45, 2.75) is 56.3 Å². The van der Waals surface area contributed by atoms with Crippen molar-refractivity contribution in [1.82, 2.24) is 14.8 Å². The number of likely N-dealkylation sites (tertiary alicyclic amines) is 1. The van der Waals surface area contributed by atoms with Crippen LogP contribution >= 0.6 is 22.9 Å². The van der Waals surface area contributed by atoms with Gasteiger partial charge in [-0.1, -0.05) is 38.1 Å². The van der Waals surface area contributed by atoms with Gasteiger partial charge in [-0.15, -0.1) is 22.9 Å². The lowest BCUT2D eigenvalue weighted by atomic mass is 9.83. The van der Waals surface area contributed by atoms with Gasteiger partial charge in [0.05, 0.1) is 17.0 Å². The fourth-order valence-electron chi connectivity index (χ4n) is 6.09. The molecule has 224 valence electrons. The summed E-state index contributed by atoms with van der Waals surface area (Å²) in [4.78, 5) is 36.7. The minimum atomic E-state index is -4.55. The molecule has 41 heavy (non-hydrogen) atoms. The standard InChI is InChI=1S/C29H36ClF3N4O3S/c1-17(2)12-20(27(39)37-14-22(30)26-25(37)24(38)15-40-26)13-21(29(31,32)33)18-4-6-19(7-5-18)23-16-41-28(34-23)36-10-8-35(3)9-11-36/h4-7,16-17,20-22,25-26H,8-15H2,1-3H3/t20-,21?,22-,25-,26-/m1/s1. The summed E-state index contributed by atoms with van der Waals surface area (Å²) >= 11 is 7.89. The van der Waals surface area contributed by atoms with E-state index in [1.165, 1.54) is 28.4 Å². The van der Waals surface area contributed by atoms with E-state index in [1.807, 2.05) is 19.2 Å². The number of thiazole rings is 1. The molecule has 1 aromatic heterocycles. The van der Waals surface area contributed by atoms with Crippen LogP contribution in [0.25, 0.3) is 11.3 Å². The zero-order chi connectivity index (χ0) is 29.5. The van der Waals surface area contributed by atoms with Crippen LogP contribution in [0.3, 0.4) is 0 Å². The van der Waals surface area contributed by atoms with E-state index in [2.05, 4.69) is 16.8 Å². The second-order valence-electron chi connectivity index (χ2n) is 11.8. The fourth-order valence-corrected chi connectivity index (χ4v) is 7.34. The summed E-state index contributed by atoms with van der Waals surface area (Å²) in [5.41, 5.74) is 1.58. The molecule has 1 unspecified atom stereocenters. The molecule has 0 saturated carbocycles. The molecule has 12 heteroatoms. The summed E-state index contributed by atoms with van der Waals surface area (Å²) in [5, 5.41) is 2.28. The van der Waals surface area contributed by atoms with Gasteiger partial charge < -0.3 is 19.4 Å². The van der Waals surface area contributed by atoms with E-state index in [9.17, 15) is 22.8 Å². The largest absolute Gasteiger partial charge is 0.395 e. The molecule has 0 spiro atoms. The second-order valence-corrected chi connectivity index (χ2v) is 13.2. The van der Waals surface area contributed by atoms with E-state index >= 15 is 0 Å². The second kappa shape index (κ2) is 12.2. The third-order valence-corrected chi connectivity index (χ3v) is 9.59. The normalized spacial score (nSPS) is 25.2. The van der Waals surface area contributed by atoms with Crippen molar-refractivity contribution in [3.8, 4) is 11.3 Å². The highest BCUT2D eigenvalue weighted by Crippen LogP contribution is 2.43. The first-order chi connectivity index (χ1) is 19.4. The number of amides is 1. The number of hydrogen-bond acceptors (Lipinski definition) is 7. The minimum absolute atomic E-state index is 0.0138. The van der Waals surface area contributed by atoms with Crippen molar-refractivity contribution in [1.29, 1.82) is 0 Å². The van der Waals surface area contributed by atoms with Gasteiger partial charge in [0.2, 0.25) is 5.91 Å². The molecule has 1 aromatic carbocycles. The topological polar surface area (TPSA) is 66.0 Å². The van der Waals surface area contributed by atoms with Gasteiger partial charge in [-0.2, -0.15) is 13.2 Å². The Labute approximate surface area is 247 Å². The Morgan fingerprint density at radius 2 is 1.83 bits per heavy atom. The van der Waals surface area contributed by atoms with Crippen LogP contribution in [0, 0.1) is 11.8 Å². The molecule has 0 aliphatic carbocycles. The van der Waals surface area contributed by atoms with Gasteiger partial charge in [-0.3, -0.25) is 9.59 Å². The van der Waals surface area contributed by atoms with Gasteiger partial charge in [-0.05, 0) is 31.4 Å². The number of alkyl halides is 4. The lowest BCUT2D eigenvalue weighted by Gasteiger charge is -2.32. The van der Waals surface area contributed by atoms with Gasteiger partial charge >= 0.3 is 6.18 Å². The maximum Gasteiger partial charge on any atom is 0.395 e. The number of benzene rings is 1. The Kier molecular flexibility index (Phi) is 8.99. The van der Waals surface area contributed by atoms with Gasteiger partial charge in [0.25, 0.3) is 0 Å². The average molecular weight is 613 g/mol. The van der Waals surface area contributed by atoms with Crippen LogP contribution in [-0.4, -0.2) is 96.6 Å². The first kappa shape index (κ1) is 30.3. The Morgan fingerprint density at radius 1 is 1.15 bits per heavy atom. The molecular weight excluding hydrogens is 577 g/mol. The molecule has 2 aromatic rings. The van der Waals surface area contributed by atoms with E-state index in [0.29, 0.717) is 0 Å². The Bertz CT molecular complexity index is 1230. The number of carbonyl (C=O) groups is 2. The summed E-state index contributed by atoms with van der Waals surface area (Å²) in [6.45, 7) is 7.40. The van der Waals surface area contributed by atoms with Crippen molar-refractivity contribution >= 4 is 39.8 Å². The van der Waals surface area contributed by atoms with Crippen molar-refractivity contribution in [3.63, 3.8) is 0 Å². The molecule has 3 aliphatic heterocycles. The molecule has 0 radical (unpaired) electrons. The summed E-state index contributed by atoms with van der Waals surface area (Å²) in [5.74, 6) is -3.47. The summed E-state index contributed by atoms with van der Waals surface area (Å²) in [6, 6.07) is 5.52. The number of nitrogens with zero attached hydrogens (tertiary/aromatic N) is 4. The van der Waals surface area contributed by atoms with E-state index < -0.39 is 47.9 Å². The summed E-state index contributed by atoms with van der Waals surface area (Å²) < 4.78 is 49.0. The molecule has 0 N–H and O–H groups in total. The predicted octanol–water partition coefficient (Wildman–Crippen LogP) is 5.05. The lowest BCUT2D eigenvalue weighted by molar-refractivity contribution is -0.159. The van der Waals surface area contributed by atoms with Crippen LogP contribution in [0.15, 0.2) is 29.6 Å². The molecule has 0 bridgehead atoms. The van der Waals surface area contributed by atoms with E-state index in [1.54, 1.807) is 12.1 Å². The third-order valence-electron chi connectivity index (χ3n) is 8.30. The quantitative estimate of drug-likeness (QED) is 0.389. The SMILES string of the molecule is CC(C)C[C@H](CC(c1ccc(-c2csc(N3CCN(C)CC3)n2)cc1)C(F)(F)F)C(=O)N1C[C@@H](Cl)[C@H]2OCC(=O)[C@H]21. The zero-order valence-corrected chi connectivity index (χ0v) is 25.0. The van der Waals surface area contributed by atoms with E-state index in [-0.39, 0.29) is 36.8 Å². The van der Waals surface area contributed by atoms with Gasteiger partial charge in [-0.25, -0.2) is 4.98 Å². The predicted molar refractivity (Wildman–Crippen MR) is 154 cm³/mol. The number of anilines is 1. The van der Waals surface area contributed by atoms with Crippen LogP contribution in [0.2, 0.25) is 0 Å². The van der Waals surface area contributed by atoms with Gasteiger partial charge in [0.1, 0.15) is 18.8 Å². The number of piperazine rings is 1. The number of likely N-dealkylation sites (N-methyl/N-ethyl adjacent to an activating group) is 1.